The van der Waals surface area contributed by atoms with Gasteiger partial charge in [0.1, 0.15) is 5.76 Å². The van der Waals surface area contributed by atoms with E-state index in [1.165, 1.54) is 50.3 Å². The zero-order valence-electron chi connectivity index (χ0n) is 14.6. The van der Waals surface area contributed by atoms with Gasteiger partial charge in [-0.3, -0.25) is 4.79 Å². The zero-order valence-corrected chi connectivity index (χ0v) is 15.5. The molecule has 4 fully saturated rings. The average Bonchev–Trinajstić information content (AvgIpc) is 3.29. The Balaban J connectivity index is 1.19. The number of hydrogen-bond acceptors (Lipinski definition) is 6. The summed E-state index contributed by atoms with van der Waals surface area (Å²) in [5, 5.41) is 11.9. The van der Waals surface area contributed by atoms with Gasteiger partial charge in [-0.2, -0.15) is 0 Å². The molecule has 1 N–H and O–H groups in total. The topological polar surface area (TPSA) is 81.2 Å². The Morgan fingerprint density at radius 3 is 2.58 bits per heavy atom. The molecule has 7 heteroatoms. The molecule has 0 aliphatic heterocycles. The summed E-state index contributed by atoms with van der Waals surface area (Å²) in [4.78, 5) is 12.0. The van der Waals surface area contributed by atoms with Gasteiger partial charge in [-0.1, -0.05) is 11.8 Å². The van der Waals surface area contributed by atoms with E-state index < -0.39 is 0 Å². The van der Waals surface area contributed by atoms with Crippen LogP contribution >= 0.6 is 11.8 Å². The lowest BCUT2D eigenvalue weighted by Crippen LogP contribution is -2.48. The summed E-state index contributed by atoms with van der Waals surface area (Å²) in [7, 11) is 0. The first-order chi connectivity index (χ1) is 12.7. The van der Waals surface area contributed by atoms with Gasteiger partial charge in [0, 0.05) is 5.41 Å². The largest absolute Gasteiger partial charge is 0.467 e. The lowest BCUT2D eigenvalue weighted by molar-refractivity contribution is -0.118. The van der Waals surface area contributed by atoms with Crippen molar-refractivity contribution in [2.24, 2.45) is 17.8 Å². The van der Waals surface area contributed by atoms with Crippen molar-refractivity contribution in [3.63, 3.8) is 0 Å². The van der Waals surface area contributed by atoms with E-state index in [1.54, 1.807) is 12.3 Å². The third kappa shape index (κ3) is 3.06. The summed E-state index contributed by atoms with van der Waals surface area (Å²) in [6, 6.07) is 3.64. The van der Waals surface area contributed by atoms with Crippen LogP contribution < -0.4 is 5.32 Å². The average molecular weight is 373 g/mol. The number of hydrogen-bond donors (Lipinski definition) is 1. The summed E-state index contributed by atoms with van der Waals surface area (Å²) in [6.45, 7) is 0.398. The van der Waals surface area contributed by atoms with E-state index in [-0.39, 0.29) is 17.1 Å². The fraction of sp³-hybridized carbons (Fsp3) is 0.632. The molecule has 0 saturated heterocycles. The van der Waals surface area contributed by atoms with Crippen LogP contribution in [0, 0.1) is 17.8 Å². The van der Waals surface area contributed by atoms with E-state index >= 15 is 0 Å². The second-order valence-corrected chi connectivity index (χ2v) is 9.14. The van der Waals surface area contributed by atoms with Gasteiger partial charge in [-0.15, -0.1) is 10.2 Å². The molecule has 0 aromatic carbocycles. The highest BCUT2D eigenvalue weighted by atomic mass is 32.2. The van der Waals surface area contributed by atoms with Crippen molar-refractivity contribution in [3.05, 3.63) is 30.0 Å². The molecule has 0 spiro atoms. The molecule has 0 unspecified atom stereocenters. The third-order valence-corrected chi connectivity index (χ3v) is 7.08. The maximum atomic E-state index is 12.0. The minimum absolute atomic E-state index is 0.0686. The smallest absolute Gasteiger partial charge is 0.277 e. The molecule has 4 saturated carbocycles. The Morgan fingerprint density at radius 1 is 1.19 bits per heavy atom. The van der Waals surface area contributed by atoms with Gasteiger partial charge in [-0.25, -0.2) is 0 Å². The van der Waals surface area contributed by atoms with Crippen LogP contribution in [0.4, 0.5) is 0 Å². The number of aromatic nitrogens is 2. The summed E-state index contributed by atoms with van der Waals surface area (Å²) >= 11 is 1.31. The van der Waals surface area contributed by atoms with Crippen molar-refractivity contribution in [1.82, 2.24) is 15.5 Å². The molecule has 138 valence electrons. The van der Waals surface area contributed by atoms with Crippen molar-refractivity contribution in [2.75, 3.05) is 5.75 Å². The van der Waals surface area contributed by atoms with E-state index in [1.807, 2.05) is 6.07 Å². The Hall–Kier alpha value is -1.76. The highest BCUT2D eigenvalue weighted by Gasteiger charge is 2.54. The van der Waals surface area contributed by atoms with Gasteiger partial charge in [0.15, 0.2) is 0 Å². The summed E-state index contributed by atoms with van der Waals surface area (Å²) in [5.74, 6) is 4.29. The molecule has 4 aliphatic carbocycles. The van der Waals surface area contributed by atoms with Crippen LogP contribution in [-0.2, 0) is 16.8 Å². The maximum absolute atomic E-state index is 12.0. The van der Waals surface area contributed by atoms with Crippen molar-refractivity contribution in [3.8, 4) is 0 Å². The molecule has 2 heterocycles. The first-order valence-electron chi connectivity index (χ1n) is 9.44. The van der Waals surface area contributed by atoms with E-state index in [0.29, 0.717) is 11.8 Å². The first kappa shape index (κ1) is 16.4. The third-order valence-electron chi connectivity index (χ3n) is 6.27. The van der Waals surface area contributed by atoms with E-state index in [9.17, 15) is 4.79 Å². The molecule has 0 radical (unpaired) electrons. The van der Waals surface area contributed by atoms with E-state index in [0.717, 1.165) is 29.4 Å². The van der Waals surface area contributed by atoms with Crippen molar-refractivity contribution >= 4 is 17.7 Å². The molecule has 2 aromatic heterocycles. The van der Waals surface area contributed by atoms with Crippen LogP contribution in [0.2, 0.25) is 0 Å². The lowest BCUT2D eigenvalue weighted by atomic mass is 9.49. The number of carbonyl (C=O) groups excluding carboxylic acids is 1. The summed E-state index contributed by atoms with van der Waals surface area (Å²) in [6.07, 6.45) is 9.39. The Bertz CT molecular complexity index is 751. The van der Waals surface area contributed by atoms with E-state index in [4.69, 9.17) is 8.83 Å². The SMILES string of the molecule is O=C(CSc1nnc(C23CC4CC(CC(C4)C2)C3)o1)NCc1ccco1. The highest BCUT2D eigenvalue weighted by molar-refractivity contribution is 7.99. The highest BCUT2D eigenvalue weighted by Crippen LogP contribution is 2.60. The number of rotatable bonds is 6. The Kier molecular flexibility index (Phi) is 4.07. The molecule has 4 bridgehead atoms. The number of furan rings is 1. The Labute approximate surface area is 156 Å². The fourth-order valence-electron chi connectivity index (χ4n) is 5.63. The number of nitrogens with one attached hydrogen (secondary N) is 1. The standard InChI is InChI=1S/C19H23N3O3S/c23-16(20-10-15-2-1-3-24-15)11-26-18-22-21-17(25-18)19-7-12-4-13(8-19)6-14(5-12)9-19/h1-3,12-14H,4-11H2,(H,20,23). The zero-order chi connectivity index (χ0) is 17.6. The van der Waals surface area contributed by atoms with Crippen molar-refractivity contribution in [2.45, 2.75) is 55.7 Å². The number of thioether (sulfide) groups is 1. The van der Waals surface area contributed by atoms with Crippen molar-refractivity contribution < 1.29 is 13.6 Å². The minimum atomic E-state index is -0.0686. The summed E-state index contributed by atoms with van der Waals surface area (Å²) < 4.78 is 11.2. The number of nitrogens with zero attached hydrogens (tertiary/aromatic N) is 2. The lowest BCUT2D eigenvalue weighted by Gasteiger charge is -2.55. The molecule has 4 aliphatic rings. The van der Waals surface area contributed by atoms with Crippen LogP contribution in [0.25, 0.3) is 0 Å². The summed E-state index contributed by atoms with van der Waals surface area (Å²) in [5.41, 5.74) is 0.113. The van der Waals surface area contributed by atoms with Gasteiger partial charge in [-0.05, 0) is 68.4 Å². The van der Waals surface area contributed by atoms with Crippen molar-refractivity contribution in [1.29, 1.82) is 0 Å². The van der Waals surface area contributed by atoms with Crippen LogP contribution in [0.5, 0.6) is 0 Å². The van der Waals surface area contributed by atoms with Crippen LogP contribution in [0.3, 0.4) is 0 Å². The second-order valence-electron chi connectivity index (χ2n) is 8.22. The number of carbonyl (C=O) groups is 1. The first-order valence-corrected chi connectivity index (χ1v) is 10.4. The maximum Gasteiger partial charge on any atom is 0.277 e. The van der Waals surface area contributed by atoms with Crippen LogP contribution in [0.15, 0.2) is 32.5 Å². The minimum Gasteiger partial charge on any atom is -0.467 e. The molecule has 0 atom stereocenters. The number of amides is 1. The predicted molar refractivity (Wildman–Crippen MR) is 95.4 cm³/mol. The fourth-order valence-corrected chi connectivity index (χ4v) is 6.23. The normalized spacial score (nSPS) is 32.1. The van der Waals surface area contributed by atoms with Gasteiger partial charge in [0.2, 0.25) is 11.8 Å². The Morgan fingerprint density at radius 2 is 1.92 bits per heavy atom. The molecular formula is C19H23N3O3S. The quantitative estimate of drug-likeness (QED) is 0.780. The molecule has 2 aromatic rings. The molecule has 26 heavy (non-hydrogen) atoms. The van der Waals surface area contributed by atoms with Gasteiger partial charge >= 0.3 is 0 Å². The molecule has 6 nitrogen and oxygen atoms in total. The van der Waals surface area contributed by atoms with Gasteiger partial charge < -0.3 is 14.2 Å². The molecule has 6 rings (SSSR count). The van der Waals surface area contributed by atoms with Gasteiger partial charge in [0.25, 0.3) is 5.22 Å². The van der Waals surface area contributed by atoms with Gasteiger partial charge in [0.05, 0.1) is 18.6 Å². The monoisotopic (exact) mass is 373 g/mol. The molecular weight excluding hydrogens is 350 g/mol. The van der Waals surface area contributed by atoms with Crippen LogP contribution in [0.1, 0.15) is 50.2 Å². The second kappa shape index (κ2) is 6.44. The molecule has 1 amide bonds. The van der Waals surface area contributed by atoms with E-state index in [2.05, 4.69) is 15.5 Å². The predicted octanol–water partition coefficient (Wildman–Crippen LogP) is 3.54. The van der Waals surface area contributed by atoms with Crippen LogP contribution in [-0.4, -0.2) is 21.9 Å².